The molecule has 3 rings (SSSR count). The second-order valence-electron chi connectivity index (χ2n) is 5.90. The van der Waals surface area contributed by atoms with E-state index in [1.807, 2.05) is 12.1 Å². The summed E-state index contributed by atoms with van der Waals surface area (Å²) in [6.45, 7) is 2.12. The number of ether oxygens (including phenoxy) is 1. The molecule has 1 aliphatic carbocycles. The quantitative estimate of drug-likeness (QED) is 0.889. The fraction of sp³-hybridized carbons (Fsp3) is 0.368. The summed E-state index contributed by atoms with van der Waals surface area (Å²) in [5.41, 5.74) is 10.2. The van der Waals surface area contributed by atoms with E-state index < -0.39 is 0 Å². The van der Waals surface area contributed by atoms with Crippen molar-refractivity contribution in [1.82, 2.24) is 0 Å². The molecule has 1 atom stereocenters. The Bertz CT molecular complexity index is 603. The third-order valence-corrected chi connectivity index (χ3v) is 4.25. The molecule has 0 spiro atoms. The fourth-order valence-electron chi connectivity index (χ4n) is 2.89. The first-order valence-electron chi connectivity index (χ1n) is 7.89. The van der Waals surface area contributed by atoms with Crippen LogP contribution in [0.2, 0.25) is 0 Å². The van der Waals surface area contributed by atoms with Crippen molar-refractivity contribution in [2.75, 3.05) is 0 Å². The summed E-state index contributed by atoms with van der Waals surface area (Å²) in [7, 11) is 0. The fourth-order valence-corrected chi connectivity index (χ4v) is 2.89. The highest BCUT2D eigenvalue weighted by atomic mass is 16.5. The van der Waals surface area contributed by atoms with Gasteiger partial charge in [0.1, 0.15) is 11.5 Å². The Morgan fingerprint density at radius 2 is 1.71 bits per heavy atom. The van der Waals surface area contributed by atoms with Gasteiger partial charge in [-0.25, -0.2) is 0 Å². The molecule has 1 aliphatic rings. The lowest BCUT2D eigenvalue weighted by molar-refractivity contribution is 0.481. The normalized spacial score (nSPS) is 14.8. The minimum Gasteiger partial charge on any atom is -0.457 e. The molecule has 2 heteroatoms. The number of nitrogens with two attached hydrogens (primary N) is 1. The van der Waals surface area contributed by atoms with Crippen LogP contribution in [0.15, 0.2) is 42.5 Å². The first-order chi connectivity index (χ1) is 10.2. The smallest absolute Gasteiger partial charge is 0.127 e. The van der Waals surface area contributed by atoms with Crippen LogP contribution in [-0.4, -0.2) is 6.04 Å². The Balaban J connectivity index is 1.67. The average Bonchev–Trinajstić information content (AvgIpc) is 2.96. The molecule has 110 valence electrons. The van der Waals surface area contributed by atoms with Gasteiger partial charge in [-0.15, -0.1) is 0 Å². The molecule has 0 amide bonds. The lowest BCUT2D eigenvalue weighted by atomic mass is 10.0. The molecule has 2 aromatic carbocycles. The van der Waals surface area contributed by atoms with Crippen molar-refractivity contribution >= 4 is 0 Å². The van der Waals surface area contributed by atoms with Crippen molar-refractivity contribution in [2.45, 2.75) is 45.1 Å². The second-order valence-corrected chi connectivity index (χ2v) is 5.90. The van der Waals surface area contributed by atoms with Crippen molar-refractivity contribution in [3.8, 4) is 11.5 Å². The Kier molecular flexibility index (Phi) is 4.26. The van der Waals surface area contributed by atoms with Crippen molar-refractivity contribution in [2.24, 2.45) is 5.73 Å². The summed E-state index contributed by atoms with van der Waals surface area (Å²) < 4.78 is 5.96. The van der Waals surface area contributed by atoms with Gasteiger partial charge in [0.15, 0.2) is 0 Å². The Labute approximate surface area is 126 Å². The highest BCUT2D eigenvalue weighted by molar-refractivity contribution is 5.41. The summed E-state index contributed by atoms with van der Waals surface area (Å²) >= 11 is 0. The van der Waals surface area contributed by atoms with E-state index in [-0.39, 0.29) is 6.04 Å². The average molecular weight is 281 g/mol. The van der Waals surface area contributed by atoms with Crippen molar-refractivity contribution < 1.29 is 4.74 Å². The minimum absolute atomic E-state index is 0.244. The zero-order valence-corrected chi connectivity index (χ0v) is 12.6. The van der Waals surface area contributed by atoms with Crippen LogP contribution < -0.4 is 10.5 Å². The van der Waals surface area contributed by atoms with Gasteiger partial charge in [0, 0.05) is 6.04 Å². The zero-order valence-electron chi connectivity index (χ0n) is 12.6. The molecule has 1 unspecified atom stereocenters. The maximum atomic E-state index is 5.99. The van der Waals surface area contributed by atoms with E-state index in [1.54, 1.807) is 0 Å². The summed E-state index contributed by atoms with van der Waals surface area (Å²) in [5.74, 6) is 1.83. The molecular formula is C19H23NO. The van der Waals surface area contributed by atoms with Crippen LogP contribution in [0, 0.1) is 0 Å². The second kappa shape index (κ2) is 6.31. The number of hydrogen-bond acceptors (Lipinski definition) is 2. The van der Waals surface area contributed by atoms with Gasteiger partial charge in [0.05, 0.1) is 0 Å². The molecule has 2 aromatic rings. The standard InChI is InChI=1S/C19H23NO/c1-2-17(20)12-14-6-9-18(10-7-14)21-19-11-8-15-4-3-5-16(15)13-19/h6-11,13,17H,2-5,12,20H2,1H3. The maximum absolute atomic E-state index is 5.99. The van der Waals surface area contributed by atoms with Crippen LogP contribution in [0.25, 0.3) is 0 Å². The molecule has 0 heterocycles. The zero-order chi connectivity index (χ0) is 14.7. The molecule has 0 bridgehead atoms. The minimum atomic E-state index is 0.244. The monoisotopic (exact) mass is 281 g/mol. The molecule has 0 radical (unpaired) electrons. The first kappa shape index (κ1) is 14.2. The van der Waals surface area contributed by atoms with Crippen molar-refractivity contribution in [1.29, 1.82) is 0 Å². The van der Waals surface area contributed by atoms with Gasteiger partial charge >= 0.3 is 0 Å². The molecule has 21 heavy (non-hydrogen) atoms. The van der Waals surface area contributed by atoms with Gasteiger partial charge in [-0.3, -0.25) is 0 Å². The maximum Gasteiger partial charge on any atom is 0.127 e. The van der Waals surface area contributed by atoms with Crippen molar-refractivity contribution in [3.05, 3.63) is 59.2 Å². The summed E-state index contributed by atoms with van der Waals surface area (Å²) in [4.78, 5) is 0. The lowest BCUT2D eigenvalue weighted by Gasteiger charge is -2.10. The van der Waals surface area contributed by atoms with E-state index in [1.165, 1.54) is 36.0 Å². The Morgan fingerprint density at radius 3 is 2.48 bits per heavy atom. The largest absolute Gasteiger partial charge is 0.457 e. The van der Waals surface area contributed by atoms with E-state index in [2.05, 4.69) is 37.3 Å². The van der Waals surface area contributed by atoms with E-state index in [9.17, 15) is 0 Å². The molecule has 0 aromatic heterocycles. The molecule has 0 aliphatic heterocycles. The predicted octanol–water partition coefficient (Wildman–Crippen LogP) is 4.25. The van der Waals surface area contributed by atoms with Crippen LogP contribution in [0.1, 0.15) is 36.5 Å². The summed E-state index contributed by atoms with van der Waals surface area (Å²) in [6, 6.07) is 15.0. The van der Waals surface area contributed by atoms with E-state index >= 15 is 0 Å². The number of aryl methyl sites for hydroxylation is 2. The summed E-state index contributed by atoms with van der Waals surface area (Å²) in [5, 5.41) is 0. The van der Waals surface area contributed by atoms with Crippen LogP contribution in [0.5, 0.6) is 11.5 Å². The van der Waals surface area contributed by atoms with Crippen molar-refractivity contribution in [3.63, 3.8) is 0 Å². The molecular weight excluding hydrogens is 258 g/mol. The van der Waals surface area contributed by atoms with Crippen LogP contribution in [0.3, 0.4) is 0 Å². The SMILES string of the molecule is CCC(N)Cc1ccc(Oc2ccc3c(c2)CCC3)cc1. The first-order valence-corrected chi connectivity index (χ1v) is 7.89. The topological polar surface area (TPSA) is 35.2 Å². The Morgan fingerprint density at radius 1 is 1.00 bits per heavy atom. The van der Waals surface area contributed by atoms with Gasteiger partial charge in [-0.2, -0.15) is 0 Å². The third-order valence-electron chi connectivity index (χ3n) is 4.25. The number of hydrogen-bond donors (Lipinski definition) is 1. The Hall–Kier alpha value is -1.80. The van der Waals surface area contributed by atoms with Gasteiger partial charge in [0.25, 0.3) is 0 Å². The molecule has 2 N–H and O–H groups in total. The molecule has 0 fully saturated rings. The molecule has 2 nitrogen and oxygen atoms in total. The van der Waals surface area contributed by atoms with Crippen LogP contribution in [0.4, 0.5) is 0 Å². The van der Waals surface area contributed by atoms with Crippen LogP contribution in [-0.2, 0) is 19.3 Å². The van der Waals surface area contributed by atoms with E-state index in [0.717, 1.165) is 24.3 Å². The van der Waals surface area contributed by atoms with Gasteiger partial charge in [0.2, 0.25) is 0 Å². The van der Waals surface area contributed by atoms with Gasteiger partial charge in [-0.1, -0.05) is 25.1 Å². The lowest BCUT2D eigenvalue weighted by Crippen LogP contribution is -2.21. The van der Waals surface area contributed by atoms with Gasteiger partial charge in [-0.05, 0) is 73.1 Å². The predicted molar refractivity (Wildman–Crippen MR) is 87.0 cm³/mol. The molecule has 0 saturated carbocycles. The number of rotatable bonds is 5. The third kappa shape index (κ3) is 3.45. The number of fused-ring (bicyclic) bond motifs is 1. The number of benzene rings is 2. The van der Waals surface area contributed by atoms with E-state index in [4.69, 9.17) is 10.5 Å². The highest BCUT2D eigenvalue weighted by Crippen LogP contribution is 2.29. The van der Waals surface area contributed by atoms with E-state index in [0.29, 0.717) is 0 Å². The van der Waals surface area contributed by atoms with Gasteiger partial charge < -0.3 is 10.5 Å². The highest BCUT2D eigenvalue weighted by Gasteiger charge is 2.11. The molecule has 0 saturated heterocycles. The van der Waals surface area contributed by atoms with Crippen LogP contribution >= 0.6 is 0 Å². The summed E-state index contributed by atoms with van der Waals surface area (Å²) in [6.07, 6.45) is 5.59.